The molecule has 7 heteroatoms. The molecule has 1 atom stereocenters. The van der Waals surface area contributed by atoms with Crippen LogP contribution in [-0.2, 0) is 27.8 Å². The average Bonchev–Trinajstić information content (AvgIpc) is 2.62. The molecule has 0 saturated heterocycles. The van der Waals surface area contributed by atoms with E-state index < -0.39 is 10.0 Å². The normalized spacial score (nSPS) is 16.8. The lowest BCUT2D eigenvalue weighted by atomic mass is 9.96. The Morgan fingerprint density at radius 2 is 1.88 bits per heavy atom. The summed E-state index contributed by atoms with van der Waals surface area (Å²) in [5, 5.41) is 7.98. The van der Waals surface area contributed by atoms with Crippen molar-refractivity contribution in [2.45, 2.75) is 37.2 Å². The Hall–Kier alpha value is -2.38. The van der Waals surface area contributed by atoms with Crippen molar-refractivity contribution in [2.24, 2.45) is 5.14 Å². The number of carbonyl (C=O) groups is 1. The van der Waals surface area contributed by atoms with E-state index in [2.05, 4.69) is 29.3 Å². The minimum atomic E-state index is -3.70. The fourth-order valence-corrected chi connectivity index (χ4v) is 3.72. The van der Waals surface area contributed by atoms with Crippen LogP contribution in [-0.4, -0.2) is 26.9 Å². The number of nitrogens with one attached hydrogen (secondary N) is 1. The van der Waals surface area contributed by atoms with Crippen molar-refractivity contribution < 1.29 is 13.2 Å². The van der Waals surface area contributed by atoms with E-state index >= 15 is 0 Å². The van der Waals surface area contributed by atoms with Crippen LogP contribution >= 0.6 is 0 Å². The van der Waals surface area contributed by atoms with Gasteiger partial charge in [-0.15, -0.1) is 0 Å². The van der Waals surface area contributed by atoms with Gasteiger partial charge >= 0.3 is 0 Å². The van der Waals surface area contributed by atoms with E-state index in [0.29, 0.717) is 19.1 Å². The monoisotopic (exact) mass is 373 g/mol. The highest BCUT2D eigenvalue weighted by Gasteiger charge is 2.24. The van der Waals surface area contributed by atoms with Gasteiger partial charge < -0.3 is 10.2 Å². The van der Waals surface area contributed by atoms with Crippen LogP contribution in [0.25, 0.3) is 0 Å². The molecule has 0 radical (unpaired) electrons. The summed E-state index contributed by atoms with van der Waals surface area (Å²) in [6, 6.07) is 14.7. The van der Waals surface area contributed by atoms with Crippen LogP contribution in [0, 0.1) is 0 Å². The lowest BCUT2D eigenvalue weighted by molar-refractivity contribution is -0.120. The molecule has 1 aliphatic rings. The minimum absolute atomic E-state index is 0.0614. The lowest BCUT2D eigenvalue weighted by Gasteiger charge is -2.36. The van der Waals surface area contributed by atoms with E-state index in [1.165, 1.54) is 17.7 Å². The maximum absolute atomic E-state index is 12.4. The standard InChI is InChI=1S/C19H23N3O3S/c1-14-6-9-16-4-2-3-5-18(16)22(14)13-19(23)21-12-15-7-10-17(11-8-15)26(20,24)25/h2-5,7-8,10-11,14H,6,9,12-13H2,1H3,(H,21,23)(H2,20,24,25). The molecule has 2 aromatic carbocycles. The molecular formula is C19H23N3O3S. The Bertz CT molecular complexity index is 895. The van der Waals surface area contributed by atoms with Gasteiger partial charge in [0.05, 0.1) is 11.4 Å². The summed E-state index contributed by atoms with van der Waals surface area (Å²) in [4.78, 5) is 14.6. The molecule has 0 aliphatic carbocycles. The van der Waals surface area contributed by atoms with E-state index in [9.17, 15) is 13.2 Å². The van der Waals surface area contributed by atoms with Crippen LogP contribution in [0.1, 0.15) is 24.5 Å². The zero-order chi connectivity index (χ0) is 18.7. The van der Waals surface area contributed by atoms with Crippen LogP contribution in [0.5, 0.6) is 0 Å². The number of carbonyl (C=O) groups excluding carboxylic acids is 1. The number of primary sulfonamides is 1. The highest BCUT2D eigenvalue weighted by Crippen LogP contribution is 2.29. The van der Waals surface area contributed by atoms with Gasteiger partial charge in [-0.2, -0.15) is 0 Å². The number of rotatable bonds is 5. The van der Waals surface area contributed by atoms with Crippen molar-refractivity contribution in [3.8, 4) is 0 Å². The molecule has 0 saturated carbocycles. The summed E-state index contributed by atoms with van der Waals surface area (Å²) in [7, 11) is -3.70. The molecule has 138 valence electrons. The second-order valence-electron chi connectivity index (χ2n) is 6.61. The molecule has 0 spiro atoms. The second kappa shape index (κ2) is 7.47. The quantitative estimate of drug-likeness (QED) is 0.836. The predicted molar refractivity (Wildman–Crippen MR) is 101 cm³/mol. The number of amides is 1. The summed E-state index contributed by atoms with van der Waals surface area (Å²) in [5.41, 5.74) is 3.22. The highest BCUT2D eigenvalue weighted by atomic mass is 32.2. The molecule has 0 fully saturated rings. The third kappa shape index (κ3) is 4.23. The van der Waals surface area contributed by atoms with Gasteiger partial charge in [-0.25, -0.2) is 13.6 Å². The zero-order valence-electron chi connectivity index (χ0n) is 14.7. The van der Waals surface area contributed by atoms with Crippen molar-refractivity contribution in [1.29, 1.82) is 0 Å². The van der Waals surface area contributed by atoms with Crippen molar-refractivity contribution >= 4 is 21.6 Å². The molecule has 1 amide bonds. The van der Waals surface area contributed by atoms with Crippen molar-refractivity contribution in [3.05, 3.63) is 59.7 Å². The number of aryl methyl sites for hydroxylation is 1. The largest absolute Gasteiger partial charge is 0.359 e. The Morgan fingerprint density at radius 1 is 1.19 bits per heavy atom. The van der Waals surface area contributed by atoms with E-state index in [1.54, 1.807) is 12.1 Å². The number of hydrogen-bond donors (Lipinski definition) is 2. The molecule has 6 nitrogen and oxygen atoms in total. The Kier molecular flexibility index (Phi) is 5.29. The zero-order valence-corrected chi connectivity index (χ0v) is 15.5. The first-order valence-electron chi connectivity index (χ1n) is 8.57. The highest BCUT2D eigenvalue weighted by molar-refractivity contribution is 7.89. The first-order chi connectivity index (χ1) is 12.3. The van der Waals surface area contributed by atoms with Gasteiger partial charge in [-0.3, -0.25) is 4.79 Å². The van der Waals surface area contributed by atoms with Crippen LogP contribution in [0.4, 0.5) is 5.69 Å². The number of nitrogens with zero attached hydrogens (tertiary/aromatic N) is 1. The third-order valence-corrected chi connectivity index (χ3v) is 5.65. The van der Waals surface area contributed by atoms with E-state index in [0.717, 1.165) is 24.1 Å². The van der Waals surface area contributed by atoms with Gasteiger partial charge in [0.25, 0.3) is 0 Å². The van der Waals surface area contributed by atoms with Gasteiger partial charge in [-0.05, 0) is 49.1 Å². The van der Waals surface area contributed by atoms with Gasteiger partial charge in [0, 0.05) is 18.3 Å². The number of para-hydroxylation sites is 1. The summed E-state index contributed by atoms with van der Waals surface area (Å²) >= 11 is 0. The predicted octanol–water partition coefficient (Wildman–Crippen LogP) is 1.79. The van der Waals surface area contributed by atoms with E-state index in [1.807, 2.05) is 12.1 Å². The Balaban J connectivity index is 1.61. The summed E-state index contributed by atoms with van der Waals surface area (Å²) in [5.74, 6) is -0.0657. The number of sulfonamides is 1. The summed E-state index contributed by atoms with van der Waals surface area (Å²) in [6.07, 6.45) is 2.06. The number of fused-ring (bicyclic) bond motifs is 1. The molecule has 3 rings (SSSR count). The summed E-state index contributed by atoms with van der Waals surface area (Å²) in [6.45, 7) is 2.77. The smallest absolute Gasteiger partial charge is 0.239 e. The topological polar surface area (TPSA) is 92.5 Å². The molecule has 0 aromatic heterocycles. The Labute approximate surface area is 154 Å². The average molecular weight is 373 g/mol. The van der Waals surface area contributed by atoms with E-state index in [4.69, 9.17) is 5.14 Å². The molecule has 1 unspecified atom stereocenters. The maximum atomic E-state index is 12.4. The molecule has 1 aliphatic heterocycles. The number of benzene rings is 2. The number of nitrogens with two attached hydrogens (primary N) is 1. The van der Waals surface area contributed by atoms with Gasteiger partial charge in [0.15, 0.2) is 0 Å². The molecule has 1 heterocycles. The van der Waals surface area contributed by atoms with Crippen LogP contribution in [0.3, 0.4) is 0 Å². The van der Waals surface area contributed by atoms with Gasteiger partial charge in [-0.1, -0.05) is 30.3 Å². The molecule has 3 N–H and O–H groups in total. The molecule has 2 aromatic rings. The van der Waals surface area contributed by atoms with Crippen LogP contribution < -0.4 is 15.4 Å². The van der Waals surface area contributed by atoms with Gasteiger partial charge in [0.1, 0.15) is 0 Å². The molecule has 0 bridgehead atoms. The van der Waals surface area contributed by atoms with E-state index in [-0.39, 0.29) is 10.8 Å². The SMILES string of the molecule is CC1CCc2ccccc2N1CC(=O)NCc1ccc(S(N)(=O)=O)cc1. The molecular weight excluding hydrogens is 350 g/mol. The fraction of sp³-hybridized carbons (Fsp3) is 0.316. The maximum Gasteiger partial charge on any atom is 0.239 e. The lowest BCUT2D eigenvalue weighted by Crippen LogP contribution is -2.44. The van der Waals surface area contributed by atoms with Gasteiger partial charge in [0.2, 0.25) is 15.9 Å². The third-order valence-electron chi connectivity index (χ3n) is 4.72. The van der Waals surface area contributed by atoms with Crippen molar-refractivity contribution in [2.75, 3.05) is 11.4 Å². The number of anilines is 1. The van der Waals surface area contributed by atoms with Crippen molar-refractivity contribution in [3.63, 3.8) is 0 Å². The van der Waals surface area contributed by atoms with Crippen LogP contribution in [0.15, 0.2) is 53.4 Å². The fourth-order valence-electron chi connectivity index (χ4n) is 3.21. The second-order valence-corrected chi connectivity index (χ2v) is 8.17. The Morgan fingerprint density at radius 3 is 2.58 bits per heavy atom. The number of hydrogen-bond acceptors (Lipinski definition) is 4. The summed E-state index contributed by atoms with van der Waals surface area (Å²) < 4.78 is 22.5. The first kappa shape index (κ1) is 18.4. The van der Waals surface area contributed by atoms with Crippen LogP contribution in [0.2, 0.25) is 0 Å². The molecule has 26 heavy (non-hydrogen) atoms. The minimum Gasteiger partial charge on any atom is -0.359 e. The van der Waals surface area contributed by atoms with Crippen molar-refractivity contribution in [1.82, 2.24) is 5.32 Å². The first-order valence-corrected chi connectivity index (χ1v) is 10.1.